The molecule has 2 fully saturated rings. The fourth-order valence-corrected chi connectivity index (χ4v) is 8.65. The third kappa shape index (κ3) is 14.0. The van der Waals surface area contributed by atoms with Crippen LogP contribution in [0, 0.1) is 26.7 Å². The summed E-state index contributed by atoms with van der Waals surface area (Å²) in [5.74, 6) is 1.20. The van der Waals surface area contributed by atoms with Crippen molar-refractivity contribution in [1.29, 1.82) is 0 Å². The van der Waals surface area contributed by atoms with Gasteiger partial charge in [-0.15, -0.1) is 93.9 Å². The first-order valence-corrected chi connectivity index (χ1v) is 23.6. The van der Waals surface area contributed by atoms with E-state index in [9.17, 15) is 52.7 Å². The van der Waals surface area contributed by atoms with E-state index in [1.165, 1.54) is 49.0 Å². The first-order valence-electron chi connectivity index (χ1n) is 19.4. The summed E-state index contributed by atoms with van der Waals surface area (Å²) in [5.41, 5.74) is -2.38. The van der Waals surface area contributed by atoms with Crippen molar-refractivity contribution in [3.8, 4) is 22.3 Å². The Balaban J connectivity index is 0.000000400. The zero-order chi connectivity index (χ0) is 43.6. The standard InChI is InChI=1S/2C23H19F6.2CH3.2ClH.Si.Zr/c2*24-22(25,26)18-11-17(12-19(13-18)23(27,28)29)20-7-3-6-16-9-15(10-21(16)20)8-14-4-1-2-5-14;;;;;;/h2*3,6-7,9-14H,1-2,4-5,8H2;2*1H3;2*1H;;/q4*-1;;;;. The van der Waals surface area contributed by atoms with Gasteiger partial charge in [0.2, 0.25) is 0 Å². The molecule has 0 unspecified atom stereocenters. The second-order valence-electron chi connectivity index (χ2n) is 15.6. The van der Waals surface area contributed by atoms with Gasteiger partial charge in [-0.3, -0.25) is 0 Å². The summed E-state index contributed by atoms with van der Waals surface area (Å²) in [6.45, 7) is 3.06. The van der Waals surface area contributed by atoms with Crippen molar-refractivity contribution in [2.24, 2.45) is 11.8 Å². The third-order valence-corrected chi connectivity index (χ3v) is 11.4. The van der Waals surface area contributed by atoms with Gasteiger partial charge >= 0.3 is 54.9 Å². The number of benzene rings is 4. The molecule has 0 amide bonds. The van der Waals surface area contributed by atoms with Crippen molar-refractivity contribution in [1.82, 2.24) is 0 Å². The van der Waals surface area contributed by atoms with Crippen LogP contribution in [-0.4, -0.2) is 6.88 Å². The molecule has 2 aliphatic rings. The van der Waals surface area contributed by atoms with Crippen molar-refractivity contribution in [3.05, 3.63) is 145 Å². The number of rotatable bonds is 6. The van der Waals surface area contributed by atoms with E-state index in [0.717, 1.165) is 84.7 Å². The third-order valence-electron chi connectivity index (χ3n) is 11.4. The summed E-state index contributed by atoms with van der Waals surface area (Å²) < 4.78 is 159. The van der Waals surface area contributed by atoms with Crippen molar-refractivity contribution in [2.75, 3.05) is 0 Å². The summed E-state index contributed by atoms with van der Waals surface area (Å²) >= 11 is 1.36. The van der Waals surface area contributed by atoms with Crippen LogP contribution >= 0.6 is 24.8 Å². The Kier molecular flexibility index (Phi) is 20.6. The Morgan fingerprint density at radius 3 is 1.00 bits per heavy atom. The zero-order valence-corrected chi connectivity index (χ0v) is 39.9. The fraction of sp³-hybridized carbons (Fsp3) is 0.333. The molecule has 0 atom stereocenters. The molecule has 0 bridgehead atoms. The maximum absolute atomic E-state index is 13.2. The van der Waals surface area contributed by atoms with E-state index in [1.807, 2.05) is 36.4 Å². The molecule has 2 aliphatic carbocycles. The van der Waals surface area contributed by atoms with Crippen LogP contribution in [0.5, 0.6) is 0 Å². The van der Waals surface area contributed by atoms with Crippen molar-refractivity contribution in [3.63, 3.8) is 0 Å². The molecular weight excluding hydrogens is 995 g/mol. The molecule has 0 nitrogen and oxygen atoms in total. The minimum absolute atomic E-state index is 0. The second-order valence-corrected chi connectivity index (χ2v) is 15.6. The molecule has 64 heavy (non-hydrogen) atoms. The summed E-state index contributed by atoms with van der Waals surface area (Å²) in [7, 11) is 0. The molecule has 16 heteroatoms. The number of hydrogen-bond acceptors (Lipinski definition) is 0. The molecule has 0 saturated heterocycles. The van der Waals surface area contributed by atoms with Gasteiger partial charge in [-0.25, -0.2) is 0 Å². The van der Waals surface area contributed by atoms with Crippen molar-refractivity contribution >= 4 is 53.2 Å². The van der Waals surface area contributed by atoms with Crippen LogP contribution < -0.4 is 0 Å². The zero-order valence-electron chi connectivity index (χ0n) is 34.8. The monoisotopic (exact) mass is 1040 g/mol. The van der Waals surface area contributed by atoms with Gasteiger partial charge in [0.15, 0.2) is 0 Å². The van der Waals surface area contributed by atoms with Crippen LogP contribution in [0.25, 0.3) is 43.8 Å². The quantitative estimate of drug-likeness (QED) is 0.0886. The van der Waals surface area contributed by atoms with E-state index in [1.54, 1.807) is 24.3 Å². The molecular formula is C48H46Cl2F12SiZr-4. The Bertz CT molecular complexity index is 2180. The number of halogens is 14. The van der Waals surface area contributed by atoms with Gasteiger partial charge in [0.05, 0.1) is 22.3 Å². The molecule has 0 aromatic heterocycles. The summed E-state index contributed by atoms with van der Waals surface area (Å²) in [4.78, 5) is 0. The molecule has 2 radical (unpaired) electrons. The Morgan fingerprint density at radius 2 is 0.734 bits per heavy atom. The van der Waals surface area contributed by atoms with Crippen LogP contribution in [0.4, 0.5) is 52.7 Å². The maximum atomic E-state index is 13.2. The van der Waals surface area contributed by atoms with Gasteiger partial charge in [-0.05, 0) is 72.2 Å². The summed E-state index contributed by atoms with van der Waals surface area (Å²) in [6.07, 6.45) is -8.15. The number of fused-ring (bicyclic) bond motifs is 2. The molecule has 0 aliphatic heterocycles. The van der Waals surface area contributed by atoms with Crippen molar-refractivity contribution in [2.45, 2.75) is 88.9 Å². The second kappa shape index (κ2) is 23.1. The van der Waals surface area contributed by atoms with E-state index < -0.39 is 47.0 Å². The van der Waals surface area contributed by atoms with Gasteiger partial charge < -0.3 is 14.9 Å². The Labute approximate surface area is 395 Å². The Morgan fingerprint density at radius 1 is 0.453 bits per heavy atom. The molecule has 2 saturated carbocycles. The van der Waals surface area contributed by atoms with Gasteiger partial charge in [-0.2, -0.15) is 64.8 Å². The van der Waals surface area contributed by atoms with Gasteiger partial charge in [0.25, 0.3) is 0 Å². The molecule has 0 spiro atoms. The molecule has 0 N–H and O–H groups in total. The molecule has 6 aromatic rings. The van der Waals surface area contributed by atoms with Crippen molar-refractivity contribution < 1.29 is 76.0 Å². The first-order chi connectivity index (χ1) is 28.2. The molecule has 8 rings (SSSR count). The first kappa shape index (κ1) is 57.1. The van der Waals surface area contributed by atoms with Gasteiger partial charge in [0, 0.05) is 0 Å². The van der Waals surface area contributed by atoms with E-state index in [4.69, 9.17) is 0 Å². The minimum atomic E-state index is -4.86. The molecule has 0 heterocycles. The Hall–Kier alpha value is -3.06. The fourth-order valence-electron chi connectivity index (χ4n) is 8.65. The normalized spacial score (nSPS) is 14.6. The van der Waals surface area contributed by atoms with E-state index in [-0.39, 0.29) is 62.9 Å². The number of alkyl halides is 12. The summed E-state index contributed by atoms with van der Waals surface area (Å²) in [5, 5.41) is 3.05. The predicted octanol–water partition coefficient (Wildman–Crippen LogP) is 17.4. The summed E-state index contributed by atoms with van der Waals surface area (Å²) in [6, 6.07) is 21.5. The topological polar surface area (TPSA) is 0 Å². The van der Waals surface area contributed by atoms with Gasteiger partial charge in [0.1, 0.15) is 0 Å². The van der Waals surface area contributed by atoms with Crippen LogP contribution in [0.2, 0.25) is 0 Å². The van der Waals surface area contributed by atoms with Gasteiger partial charge in [-0.1, -0.05) is 74.6 Å². The SMILES string of the molecule is Cl.Cl.FC(F)(F)c1cc(-c2cccc3[cH-]c(CC4CCCC4)cc23)cc(C(F)(F)F)c1.FC(F)(F)c1cc(-c2cccc3[cH-]c(CC4CCCC4)cc23)cc(C(F)(F)F)c1.[CH3-].[CH3-].[Si]=[Zr]. The van der Waals surface area contributed by atoms with Crippen LogP contribution in [-0.2, 0) is 60.9 Å². The van der Waals surface area contributed by atoms with E-state index >= 15 is 0 Å². The molecule has 348 valence electrons. The van der Waals surface area contributed by atoms with Crippen LogP contribution in [0.15, 0.2) is 97.1 Å². The number of hydrogen-bond donors (Lipinski definition) is 0. The average Bonchev–Trinajstić information content (AvgIpc) is 4.02. The van der Waals surface area contributed by atoms with E-state index in [2.05, 4.69) is 6.88 Å². The average molecular weight is 1040 g/mol. The van der Waals surface area contributed by atoms with E-state index in [0.29, 0.717) is 33.7 Å². The van der Waals surface area contributed by atoms with Crippen LogP contribution in [0.3, 0.4) is 0 Å². The molecule has 6 aromatic carbocycles. The van der Waals surface area contributed by atoms with Crippen LogP contribution in [0.1, 0.15) is 84.7 Å². The predicted molar refractivity (Wildman–Crippen MR) is 234 cm³/mol.